The molecule has 0 unspecified atom stereocenters. The largest absolute Gasteiger partial charge is 0.505 e. The Kier molecular flexibility index (Phi) is 8.74. The number of phenols is 1. The number of amides is 2. The lowest BCUT2D eigenvalue weighted by Crippen LogP contribution is -2.21. The lowest BCUT2D eigenvalue weighted by molar-refractivity contribution is -0.111. The molecule has 0 bridgehead atoms. The molecule has 2 atom stereocenters. The minimum absolute atomic E-state index is 0.318. The van der Waals surface area contributed by atoms with Gasteiger partial charge in [0.25, 0.3) is 0 Å². The van der Waals surface area contributed by atoms with Crippen LogP contribution in [0.25, 0.3) is 0 Å². The highest BCUT2D eigenvalue weighted by molar-refractivity contribution is 7.98. The number of halogens is 1. The van der Waals surface area contributed by atoms with Crippen LogP contribution in [0.15, 0.2) is 83.8 Å². The van der Waals surface area contributed by atoms with Crippen LogP contribution in [0.5, 0.6) is 5.75 Å². The zero-order valence-electron chi connectivity index (χ0n) is 19.2. The summed E-state index contributed by atoms with van der Waals surface area (Å²) in [6.45, 7) is 1.72. The van der Waals surface area contributed by atoms with Crippen molar-refractivity contribution in [1.82, 2.24) is 0 Å². The summed E-state index contributed by atoms with van der Waals surface area (Å²) in [7, 11) is 0. The van der Waals surface area contributed by atoms with E-state index in [4.69, 9.17) is 10.5 Å². The van der Waals surface area contributed by atoms with Gasteiger partial charge in [-0.2, -0.15) is 0 Å². The molecular weight excluding hydrogens is 469 g/mol. The van der Waals surface area contributed by atoms with Gasteiger partial charge in [-0.1, -0.05) is 31.2 Å². The molecular formula is C26H26FN3O4S. The van der Waals surface area contributed by atoms with Crippen LogP contribution in [0.2, 0.25) is 0 Å². The van der Waals surface area contributed by atoms with Crippen molar-refractivity contribution in [3.05, 3.63) is 90.3 Å². The number of carbonyl (C=O) groups is 2. The molecule has 3 aromatic rings. The van der Waals surface area contributed by atoms with E-state index < -0.39 is 35.6 Å². The van der Waals surface area contributed by atoms with E-state index >= 15 is 0 Å². The van der Waals surface area contributed by atoms with Crippen LogP contribution >= 0.6 is 11.8 Å². The number of hydrogen-bond donors (Lipinski definition) is 4. The molecule has 2 amide bonds. The third-order valence-electron chi connectivity index (χ3n) is 5.12. The highest BCUT2D eigenvalue weighted by Crippen LogP contribution is 2.31. The summed E-state index contributed by atoms with van der Waals surface area (Å²) < 4.78 is 19.7. The van der Waals surface area contributed by atoms with Gasteiger partial charge in [0.1, 0.15) is 6.10 Å². The summed E-state index contributed by atoms with van der Waals surface area (Å²) in [5.41, 5.74) is 7.59. The average molecular weight is 496 g/mol. The summed E-state index contributed by atoms with van der Waals surface area (Å²) >= 11 is 1.57. The van der Waals surface area contributed by atoms with Crippen molar-refractivity contribution in [2.75, 3.05) is 22.6 Å². The fraction of sp³-hybridized carbons (Fsp3) is 0.154. The standard InChI is InChI=1S/C26H26FN3O4S/c1-16(7-14-24(32)30-22-6-4-3-5-21(22)28)25(17-8-13-23(31)20(27)15-17)34-26(33)29-18-9-11-19(35-2)12-10-18/h3-16,25,31H,28H2,1-2H3,(H,29,33)(H,30,32)/b14-7+/t16-,25+/m0/s1. The Balaban J connectivity index is 1.75. The number of anilines is 3. The number of benzene rings is 3. The predicted molar refractivity (Wildman–Crippen MR) is 137 cm³/mol. The molecule has 0 spiro atoms. The summed E-state index contributed by atoms with van der Waals surface area (Å²) in [6, 6.07) is 17.8. The van der Waals surface area contributed by atoms with Crippen LogP contribution in [0, 0.1) is 11.7 Å². The van der Waals surface area contributed by atoms with Gasteiger partial charge in [-0.25, -0.2) is 9.18 Å². The number of nitrogen functional groups attached to an aromatic ring is 1. The molecule has 35 heavy (non-hydrogen) atoms. The van der Waals surface area contributed by atoms with Gasteiger partial charge in [0.05, 0.1) is 11.4 Å². The number of thioether (sulfide) groups is 1. The monoisotopic (exact) mass is 495 g/mol. The first-order valence-corrected chi connectivity index (χ1v) is 11.9. The molecule has 3 rings (SSSR count). The topological polar surface area (TPSA) is 114 Å². The minimum Gasteiger partial charge on any atom is -0.505 e. The van der Waals surface area contributed by atoms with Crippen molar-refractivity contribution in [1.29, 1.82) is 0 Å². The molecule has 0 aliphatic heterocycles. The van der Waals surface area contributed by atoms with Crippen LogP contribution in [0.4, 0.5) is 26.2 Å². The SMILES string of the molecule is CSc1ccc(NC(=O)O[C@@H](c2ccc(O)c(F)c2)[C@@H](C)/C=C/C(=O)Nc2ccccc2N)cc1. The fourth-order valence-electron chi connectivity index (χ4n) is 3.24. The Hall–Kier alpha value is -3.98. The van der Waals surface area contributed by atoms with Gasteiger partial charge >= 0.3 is 6.09 Å². The predicted octanol–water partition coefficient (Wildman–Crippen LogP) is 5.96. The molecule has 9 heteroatoms. The second-order valence-electron chi connectivity index (χ2n) is 7.68. The normalized spacial score (nSPS) is 12.7. The maximum absolute atomic E-state index is 14.1. The van der Waals surface area contributed by atoms with Gasteiger partial charge in [-0.3, -0.25) is 10.1 Å². The number of aromatic hydroxyl groups is 1. The Morgan fingerprint density at radius 2 is 1.80 bits per heavy atom. The zero-order valence-corrected chi connectivity index (χ0v) is 20.0. The van der Waals surface area contributed by atoms with Gasteiger partial charge in [0.15, 0.2) is 11.6 Å². The first kappa shape index (κ1) is 25.6. The number of ether oxygens (including phenoxy) is 1. The van der Waals surface area contributed by atoms with Crippen LogP contribution < -0.4 is 16.4 Å². The summed E-state index contributed by atoms with van der Waals surface area (Å²) in [4.78, 5) is 26.0. The highest BCUT2D eigenvalue weighted by Gasteiger charge is 2.24. The van der Waals surface area contributed by atoms with Crippen molar-refractivity contribution in [2.24, 2.45) is 5.92 Å². The molecule has 0 fully saturated rings. The van der Waals surface area contributed by atoms with Gasteiger partial charge < -0.3 is 20.9 Å². The van der Waals surface area contributed by atoms with Crippen LogP contribution in [0.3, 0.4) is 0 Å². The van der Waals surface area contributed by atoms with E-state index in [9.17, 15) is 19.1 Å². The third-order valence-corrected chi connectivity index (χ3v) is 5.86. The van der Waals surface area contributed by atoms with Crippen molar-refractivity contribution < 1.29 is 23.8 Å². The first-order valence-electron chi connectivity index (χ1n) is 10.7. The van der Waals surface area contributed by atoms with Crippen molar-refractivity contribution in [2.45, 2.75) is 17.9 Å². The maximum atomic E-state index is 14.1. The molecule has 3 aromatic carbocycles. The molecule has 0 aliphatic carbocycles. The quantitative estimate of drug-likeness (QED) is 0.174. The number of nitrogens with one attached hydrogen (secondary N) is 2. The molecule has 0 saturated carbocycles. The fourth-order valence-corrected chi connectivity index (χ4v) is 3.65. The smallest absolute Gasteiger partial charge is 0.412 e. The summed E-state index contributed by atoms with van der Waals surface area (Å²) in [5.74, 6) is -2.32. The van der Waals surface area contributed by atoms with Crippen LogP contribution in [-0.2, 0) is 9.53 Å². The molecule has 0 radical (unpaired) electrons. The van der Waals surface area contributed by atoms with E-state index in [2.05, 4.69) is 10.6 Å². The van der Waals surface area contributed by atoms with Crippen LogP contribution in [0.1, 0.15) is 18.6 Å². The van der Waals surface area contributed by atoms with Crippen LogP contribution in [-0.4, -0.2) is 23.4 Å². The van der Waals surface area contributed by atoms with E-state index in [1.165, 1.54) is 18.2 Å². The average Bonchev–Trinajstić information content (AvgIpc) is 2.85. The number of phenolic OH excluding ortho intramolecular Hbond substituents is 1. The number of carbonyl (C=O) groups excluding carboxylic acids is 2. The second kappa shape index (κ2) is 11.9. The van der Waals surface area contributed by atoms with E-state index in [0.717, 1.165) is 11.0 Å². The molecule has 7 nitrogen and oxygen atoms in total. The van der Waals surface area contributed by atoms with Crippen molar-refractivity contribution in [3.8, 4) is 5.75 Å². The second-order valence-corrected chi connectivity index (χ2v) is 8.56. The highest BCUT2D eigenvalue weighted by atomic mass is 32.2. The lowest BCUT2D eigenvalue weighted by atomic mass is 9.96. The third kappa shape index (κ3) is 7.25. The molecule has 0 aliphatic rings. The van der Waals surface area contributed by atoms with Crippen molar-refractivity contribution in [3.63, 3.8) is 0 Å². The summed E-state index contributed by atoms with van der Waals surface area (Å²) in [6.07, 6.45) is 3.10. The zero-order chi connectivity index (χ0) is 25.4. The maximum Gasteiger partial charge on any atom is 0.412 e. The molecule has 5 N–H and O–H groups in total. The van der Waals surface area contributed by atoms with E-state index in [0.29, 0.717) is 22.6 Å². The van der Waals surface area contributed by atoms with E-state index in [1.54, 1.807) is 61.2 Å². The van der Waals surface area contributed by atoms with Gasteiger partial charge in [-0.15, -0.1) is 11.8 Å². The minimum atomic E-state index is -0.943. The number of nitrogens with two attached hydrogens (primary N) is 1. The number of hydrogen-bond acceptors (Lipinski definition) is 6. The Bertz CT molecular complexity index is 1220. The van der Waals surface area contributed by atoms with E-state index in [-0.39, 0.29) is 0 Å². The summed E-state index contributed by atoms with van der Waals surface area (Å²) in [5, 5.41) is 14.9. The van der Waals surface area contributed by atoms with Gasteiger partial charge in [-0.05, 0) is 66.4 Å². The molecule has 0 saturated heterocycles. The molecule has 0 aromatic heterocycles. The molecule has 0 heterocycles. The number of para-hydroxylation sites is 2. The van der Waals surface area contributed by atoms with Crippen molar-refractivity contribution >= 4 is 40.8 Å². The van der Waals surface area contributed by atoms with E-state index in [1.807, 2.05) is 18.4 Å². The number of rotatable bonds is 8. The Morgan fingerprint density at radius 1 is 1.09 bits per heavy atom. The lowest BCUT2D eigenvalue weighted by Gasteiger charge is -2.23. The van der Waals surface area contributed by atoms with Gasteiger partial charge in [0, 0.05) is 16.5 Å². The molecule has 182 valence electrons. The Labute approximate surface area is 207 Å². The first-order chi connectivity index (χ1) is 16.8. The van der Waals surface area contributed by atoms with Gasteiger partial charge in [0.2, 0.25) is 5.91 Å². The Morgan fingerprint density at radius 3 is 2.46 bits per heavy atom.